The van der Waals surface area contributed by atoms with Crippen LogP contribution in [0.5, 0.6) is 0 Å². The van der Waals surface area contributed by atoms with E-state index < -0.39 is 0 Å². The number of amides is 2. The molecule has 0 atom stereocenters. The summed E-state index contributed by atoms with van der Waals surface area (Å²) in [6.45, 7) is 5.92. The van der Waals surface area contributed by atoms with Crippen molar-refractivity contribution >= 4 is 17.5 Å². The highest BCUT2D eigenvalue weighted by atomic mass is 16.2. The van der Waals surface area contributed by atoms with Gasteiger partial charge < -0.3 is 10.6 Å². The summed E-state index contributed by atoms with van der Waals surface area (Å²) in [6.07, 6.45) is 3.17. The smallest absolute Gasteiger partial charge is 0.243 e. The van der Waals surface area contributed by atoms with Gasteiger partial charge in [-0.25, -0.2) is 0 Å². The standard InChI is InChI=1S/C15H20N2O2/c1-4-6-14(18)16-10-12-7-5-8-13(9-12)17-15(19)11(2)3/h4-9,11H,10H2,1-3H3,(H,16,18)(H,17,19). The zero-order valence-electron chi connectivity index (χ0n) is 11.6. The molecule has 1 aromatic rings. The monoisotopic (exact) mass is 260 g/mol. The Kier molecular flexibility index (Phi) is 5.79. The van der Waals surface area contributed by atoms with Crippen molar-refractivity contribution in [2.75, 3.05) is 5.32 Å². The van der Waals surface area contributed by atoms with Gasteiger partial charge >= 0.3 is 0 Å². The lowest BCUT2D eigenvalue weighted by Crippen LogP contribution is -2.21. The third-order valence-electron chi connectivity index (χ3n) is 2.50. The minimum absolute atomic E-state index is 0.0184. The quantitative estimate of drug-likeness (QED) is 0.799. The van der Waals surface area contributed by atoms with E-state index in [1.807, 2.05) is 38.1 Å². The third kappa shape index (κ3) is 5.38. The molecular formula is C15H20N2O2. The number of benzene rings is 1. The van der Waals surface area contributed by atoms with E-state index in [0.29, 0.717) is 6.54 Å². The third-order valence-corrected chi connectivity index (χ3v) is 2.50. The van der Waals surface area contributed by atoms with E-state index in [1.54, 1.807) is 13.0 Å². The molecule has 0 saturated heterocycles. The molecule has 4 heteroatoms. The number of anilines is 1. The van der Waals surface area contributed by atoms with Crippen LogP contribution in [0.2, 0.25) is 0 Å². The lowest BCUT2D eigenvalue weighted by Gasteiger charge is -2.09. The maximum Gasteiger partial charge on any atom is 0.243 e. The molecule has 2 amide bonds. The zero-order valence-corrected chi connectivity index (χ0v) is 11.6. The molecule has 1 aromatic carbocycles. The molecule has 0 unspecified atom stereocenters. The van der Waals surface area contributed by atoms with Crippen molar-refractivity contribution in [1.29, 1.82) is 0 Å². The lowest BCUT2D eigenvalue weighted by molar-refractivity contribution is -0.119. The van der Waals surface area contributed by atoms with Gasteiger partial charge in [0, 0.05) is 18.2 Å². The van der Waals surface area contributed by atoms with E-state index in [2.05, 4.69) is 10.6 Å². The van der Waals surface area contributed by atoms with Crippen LogP contribution < -0.4 is 10.6 Å². The van der Waals surface area contributed by atoms with Gasteiger partial charge in [-0.3, -0.25) is 9.59 Å². The summed E-state index contributed by atoms with van der Waals surface area (Å²) in [5.74, 6) is -0.202. The van der Waals surface area contributed by atoms with E-state index in [0.717, 1.165) is 11.3 Å². The Morgan fingerprint density at radius 3 is 2.68 bits per heavy atom. The van der Waals surface area contributed by atoms with Crippen molar-refractivity contribution in [1.82, 2.24) is 5.32 Å². The fourth-order valence-electron chi connectivity index (χ4n) is 1.45. The van der Waals surface area contributed by atoms with Crippen molar-refractivity contribution < 1.29 is 9.59 Å². The molecule has 1 rings (SSSR count). The molecular weight excluding hydrogens is 240 g/mol. The average Bonchev–Trinajstić information content (AvgIpc) is 2.37. The predicted octanol–water partition coefficient (Wildman–Crippen LogP) is 2.47. The lowest BCUT2D eigenvalue weighted by atomic mass is 10.1. The summed E-state index contributed by atoms with van der Waals surface area (Å²) in [6, 6.07) is 7.45. The number of allylic oxidation sites excluding steroid dienone is 1. The van der Waals surface area contributed by atoms with Gasteiger partial charge in [0.25, 0.3) is 0 Å². The highest BCUT2D eigenvalue weighted by molar-refractivity contribution is 5.92. The number of carbonyl (C=O) groups excluding carboxylic acids is 2. The summed E-state index contributed by atoms with van der Waals surface area (Å²) in [5, 5.41) is 5.59. The summed E-state index contributed by atoms with van der Waals surface area (Å²) >= 11 is 0. The van der Waals surface area contributed by atoms with Crippen LogP contribution in [-0.4, -0.2) is 11.8 Å². The van der Waals surface area contributed by atoms with E-state index in [9.17, 15) is 9.59 Å². The first-order valence-electron chi connectivity index (χ1n) is 6.33. The molecule has 0 bridgehead atoms. The number of carbonyl (C=O) groups is 2. The Labute approximate surface area is 113 Å². The second kappa shape index (κ2) is 7.36. The van der Waals surface area contributed by atoms with E-state index in [1.165, 1.54) is 6.08 Å². The highest BCUT2D eigenvalue weighted by Crippen LogP contribution is 2.11. The Bertz CT molecular complexity index is 479. The van der Waals surface area contributed by atoms with Crippen molar-refractivity contribution in [2.45, 2.75) is 27.3 Å². The minimum atomic E-state index is -0.126. The van der Waals surface area contributed by atoms with Crippen molar-refractivity contribution in [2.24, 2.45) is 5.92 Å². The predicted molar refractivity (Wildman–Crippen MR) is 76.6 cm³/mol. The van der Waals surface area contributed by atoms with Crippen LogP contribution in [0, 0.1) is 5.92 Å². The van der Waals surface area contributed by atoms with Gasteiger partial charge in [-0.1, -0.05) is 32.1 Å². The summed E-state index contributed by atoms with van der Waals surface area (Å²) in [5.41, 5.74) is 1.69. The van der Waals surface area contributed by atoms with Gasteiger partial charge in [0.05, 0.1) is 0 Å². The van der Waals surface area contributed by atoms with Gasteiger partial charge in [0.15, 0.2) is 0 Å². The first-order chi connectivity index (χ1) is 9.02. The number of rotatable bonds is 5. The second-order valence-electron chi connectivity index (χ2n) is 4.56. The summed E-state index contributed by atoms with van der Waals surface area (Å²) < 4.78 is 0. The molecule has 0 heterocycles. The number of hydrogen-bond acceptors (Lipinski definition) is 2. The normalized spacial score (nSPS) is 10.7. The Hall–Kier alpha value is -2.10. The van der Waals surface area contributed by atoms with Crippen LogP contribution in [0.4, 0.5) is 5.69 Å². The van der Waals surface area contributed by atoms with Gasteiger partial charge in [0.1, 0.15) is 0 Å². The molecule has 0 aliphatic rings. The highest BCUT2D eigenvalue weighted by Gasteiger charge is 2.07. The average molecular weight is 260 g/mol. The second-order valence-corrected chi connectivity index (χ2v) is 4.56. The summed E-state index contributed by atoms with van der Waals surface area (Å²) in [7, 11) is 0. The minimum Gasteiger partial charge on any atom is -0.348 e. The molecule has 0 fully saturated rings. The van der Waals surface area contributed by atoms with Crippen molar-refractivity contribution in [3.63, 3.8) is 0 Å². The van der Waals surface area contributed by atoms with Crippen molar-refractivity contribution in [3.05, 3.63) is 42.0 Å². The van der Waals surface area contributed by atoms with Gasteiger partial charge in [-0.15, -0.1) is 0 Å². The van der Waals surface area contributed by atoms with E-state index in [4.69, 9.17) is 0 Å². The van der Waals surface area contributed by atoms with Gasteiger partial charge in [-0.05, 0) is 30.7 Å². The molecule has 19 heavy (non-hydrogen) atoms. The molecule has 0 radical (unpaired) electrons. The first kappa shape index (κ1) is 15.0. The molecule has 0 aromatic heterocycles. The first-order valence-corrected chi connectivity index (χ1v) is 6.33. The molecule has 0 aliphatic heterocycles. The van der Waals surface area contributed by atoms with Gasteiger partial charge in [0.2, 0.25) is 11.8 Å². The molecule has 4 nitrogen and oxygen atoms in total. The topological polar surface area (TPSA) is 58.2 Å². The maximum atomic E-state index is 11.6. The van der Waals surface area contributed by atoms with Gasteiger partial charge in [-0.2, -0.15) is 0 Å². The summed E-state index contributed by atoms with van der Waals surface area (Å²) in [4.78, 5) is 22.9. The van der Waals surface area contributed by atoms with Crippen LogP contribution >= 0.6 is 0 Å². The Morgan fingerprint density at radius 2 is 2.05 bits per heavy atom. The Morgan fingerprint density at radius 1 is 1.32 bits per heavy atom. The van der Waals surface area contributed by atoms with Crippen LogP contribution in [0.1, 0.15) is 26.3 Å². The fraction of sp³-hybridized carbons (Fsp3) is 0.333. The number of hydrogen-bond donors (Lipinski definition) is 2. The van der Waals surface area contributed by atoms with E-state index in [-0.39, 0.29) is 17.7 Å². The zero-order chi connectivity index (χ0) is 14.3. The SMILES string of the molecule is CC=CC(=O)NCc1cccc(NC(=O)C(C)C)c1. The molecule has 2 N–H and O–H groups in total. The molecule has 0 spiro atoms. The molecule has 102 valence electrons. The molecule has 0 aliphatic carbocycles. The maximum absolute atomic E-state index is 11.6. The van der Waals surface area contributed by atoms with Crippen LogP contribution in [-0.2, 0) is 16.1 Å². The van der Waals surface area contributed by atoms with E-state index >= 15 is 0 Å². The number of nitrogens with one attached hydrogen (secondary N) is 2. The van der Waals surface area contributed by atoms with Crippen LogP contribution in [0.25, 0.3) is 0 Å². The Balaban J connectivity index is 2.62. The van der Waals surface area contributed by atoms with Crippen LogP contribution in [0.15, 0.2) is 36.4 Å². The van der Waals surface area contributed by atoms with Crippen molar-refractivity contribution in [3.8, 4) is 0 Å². The molecule has 0 saturated carbocycles. The fourth-order valence-corrected chi connectivity index (χ4v) is 1.45. The largest absolute Gasteiger partial charge is 0.348 e. The van der Waals surface area contributed by atoms with Crippen LogP contribution in [0.3, 0.4) is 0 Å².